The van der Waals surface area contributed by atoms with E-state index in [0.717, 1.165) is 12.8 Å². The van der Waals surface area contributed by atoms with Crippen LogP contribution in [0.25, 0.3) is 5.57 Å². The van der Waals surface area contributed by atoms with E-state index in [1.807, 2.05) is 12.1 Å². The van der Waals surface area contributed by atoms with Gasteiger partial charge in [0.25, 0.3) is 0 Å². The molecule has 0 fully saturated rings. The number of allylic oxidation sites excluding steroid dienone is 1. The molecule has 0 amide bonds. The highest BCUT2D eigenvalue weighted by Gasteiger charge is 2.18. The van der Waals surface area contributed by atoms with Crippen LogP contribution in [0.5, 0.6) is 0 Å². The summed E-state index contributed by atoms with van der Waals surface area (Å²) in [5.74, 6) is 0. The van der Waals surface area contributed by atoms with Crippen molar-refractivity contribution in [3.05, 3.63) is 39.9 Å². The van der Waals surface area contributed by atoms with E-state index in [0.29, 0.717) is 0 Å². The molecule has 0 saturated carbocycles. The first-order chi connectivity index (χ1) is 6.68. The number of hydrogen-bond donors (Lipinski definition) is 1. The molecule has 1 aliphatic rings. The van der Waals surface area contributed by atoms with E-state index in [1.54, 1.807) is 6.92 Å². The fourth-order valence-corrected chi connectivity index (χ4v) is 2.54. The zero-order valence-corrected chi connectivity index (χ0v) is 9.71. The molecule has 2 heteroatoms. The molecule has 1 unspecified atom stereocenters. The third-order valence-corrected chi connectivity index (χ3v) is 3.29. The van der Waals surface area contributed by atoms with Crippen molar-refractivity contribution in [2.75, 3.05) is 0 Å². The van der Waals surface area contributed by atoms with Crippen molar-refractivity contribution in [1.82, 2.24) is 0 Å². The lowest BCUT2D eigenvalue weighted by atomic mass is 10.1. The summed E-state index contributed by atoms with van der Waals surface area (Å²) < 4.78 is 1.18. The van der Waals surface area contributed by atoms with Gasteiger partial charge < -0.3 is 5.11 Å². The second kappa shape index (κ2) is 3.87. The maximum Gasteiger partial charge on any atom is 0.0698 e. The van der Waals surface area contributed by atoms with Crippen LogP contribution in [0.2, 0.25) is 0 Å². The van der Waals surface area contributed by atoms with E-state index >= 15 is 0 Å². The first-order valence-electron chi connectivity index (χ1n) is 4.85. The van der Waals surface area contributed by atoms with Crippen molar-refractivity contribution in [1.29, 1.82) is 0 Å². The van der Waals surface area contributed by atoms with Crippen molar-refractivity contribution >= 4 is 21.5 Å². The Kier molecular flexibility index (Phi) is 2.75. The van der Waals surface area contributed by atoms with Crippen LogP contribution in [-0.4, -0.2) is 11.2 Å². The number of aliphatic hydroxyl groups is 1. The zero-order chi connectivity index (χ0) is 10.1. The van der Waals surface area contributed by atoms with Gasteiger partial charge in [0, 0.05) is 4.47 Å². The lowest BCUT2D eigenvalue weighted by Gasteiger charge is -2.03. The lowest BCUT2D eigenvalue weighted by molar-refractivity contribution is 0.244. The van der Waals surface area contributed by atoms with Crippen LogP contribution in [0.3, 0.4) is 0 Å². The Labute approximate surface area is 92.6 Å². The minimum atomic E-state index is -0.352. The number of fused-ring (bicyclic) bond motifs is 1. The van der Waals surface area contributed by atoms with E-state index in [1.165, 1.54) is 21.2 Å². The molecule has 0 saturated heterocycles. The molecule has 1 aromatic carbocycles. The molecule has 1 nitrogen and oxygen atoms in total. The Balaban J connectivity index is 2.45. The molecule has 74 valence electrons. The maximum absolute atomic E-state index is 9.32. The topological polar surface area (TPSA) is 20.2 Å². The second-order valence-electron chi connectivity index (χ2n) is 3.70. The predicted octanol–water partition coefficient (Wildman–Crippen LogP) is 3.16. The van der Waals surface area contributed by atoms with Gasteiger partial charge in [-0.05, 0) is 42.5 Å². The third-order valence-electron chi connectivity index (χ3n) is 2.55. The molecule has 14 heavy (non-hydrogen) atoms. The zero-order valence-electron chi connectivity index (χ0n) is 8.13. The van der Waals surface area contributed by atoms with Gasteiger partial charge in [-0.3, -0.25) is 0 Å². The van der Waals surface area contributed by atoms with E-state index in [4.69, 9.17) is 0 Å². The number of halogens is 1. The summed E-state index contributed by atoms with van der Waals surface area (Å²) in [4.78, 5) is 0. The average molecular weight is 253 g/mol. The van der Waals surface area contributed by atoms with Gasteiger partial charge in [-0.25, -0.2) is 0 Å². The summed E-state index contributed by atoms with van der Waals surface area (Å²) in [5.41, 5.74) is 3.94. The number of rotatable bonds is 1. The number of aliphatic hydroxyl groups excluding tert-OH is 1. The van der Waals surface area contributed by atoms with Crippen molar-refractivity contribution in [3.63, 3.8) is 0 Å². The summed E-state index contributed by atoms with van der Waals surface area (Å²) in [6.07, 6.45) is 3.71. The molecular formula is C12H13BrO. The highest BCUT2D eigenvalue weighted by molar-refractivity contribution is 9.10. The smallest absolute Gasteiger partial charge is 0.0698 e. The molecule has 0 aromatic heterocycles. The van der Waals surface area contributed by atoms with Gasteiger partial charge in [0.1, 0.15) is 0 Å². The lowest BCUT2D eigenvalue weighted by Crippen LogP contribution is -1.94. The molecule has 1 aromatic rings. The highest BCUT2D eigenvalue weighted by atomic mass is 79.9. The molecular weight excluding hydrogens is 240 g/mol. The van der Waals surface area contributed by atoms with E-state index < -0.39 is 0 Å². The van der Waals surface area contributed by atoms with Gasteiger partial charge in [0.05, 0.1) is 6.10 Å². The number of benzene rings is 1. The Bertz CT molecular complexity index is 380. The van der Waals surface area contributed by atoms with Crippen molar-refractivity contribution in [3.8, 4) is 0 Å². The van der Waals surface area contributed by atoms with Crippen LogP contribution in [0, 0.1) is 0 Å². The molecule has 0 aliphatic heterocycles. The molecule has 1 aliphatic carbocycles. The predicted molar refractivity (Wildman–Crippen MR) is 62.1 cm³/mol. The van der Waals surface area contributed by atoms with Crippen LogP contribution in [0.4, 0.5) is 0 Å². The number of hydrogen-bond acceptors (Lipinski definition) is 1. The molecule has 0 heterocycles. The van der Waals surface area contributed by atoms with Gasteiger partial charge in [0.2, 0.25) is 0 Å². The van der Waals surface area contributed by atoms with Crippen LogP contribution >= 0.6 is 15.9 Å². The average Bonchev–Trinajstić information content (AvgIpc) is 2.49. The summed E-state index contributed by atoms with van der Waals surface area (Å²) in [6.45, 7) is 1.79. The summed E-state index contributed by atoms with van der Waals surface area (Å²) >= 11 is 3.55. The SMILES string of the molecule is CC(O)/C=C1/CCc2c(Br)cccc21. The van der Waals surface area contributed by atoms with Crippen LogP contribution in [0.15, 0.2) is 28.7 Å². The Morgan fingerprint density at radius 1 is 1.43 bits per heavy atom. The van der Waals surface area contributed by atoms with Crippen molar-refractivity contribution in [2.45, 2.75) is 25.9 Å². The van der Waals surface area contributed by atoms with Gasteiger partial charge in [-0.1, -0.05) is 34.1 Å². The van der Waals surface area contributed by atoms with Crippen LogP contribution in [0.1, 0.15) is 24.5 Å². The quantitative estimate of drug-likeness (QED) is 0.815. The minimum absolute atomic E-state index is 0.352. The maximum atomic E-state index is 9.32. The van der Waals surface area contributed by atoms with Crippen molar-refractivity contribution < 1.29 is 5.11 Å². The van der Waals surface area contributed by atoms with Gasteiger partial charge >= 0.3 is 0 Å². The van der Waals surface area contributed by atoms with Crippen LogP contribution < -0.4 is 0 Å². The van der Waals surface area contributed by atoms with Gasteiger partial charge in [-0.15, -0.1) is 0 Å². The van der Waals surface area contributed by atoms with Crippen LogP contribution in [-0.2, 0) is 6.42 Å². The standard InChI is InChI=1S/C12H13BrO/c1-8(14)7-9-5-6-11-10(9)3-2-4-12(11)13/h2-4,7-8,14H,5-6H2,1H3/b9-7-. The normalized spacial score (nSPS) is 19.8. The molecule has 0 radical (unpaired) electrons. The monoisotopic (exact) mass is 252 g/mol. The first kappa shape index (κ1) is 9.94. The Morgan fingerprint density at radius 2 is 2.21 bits per heavy atom. The van der Waals surface area contributed by atoms with E-state index in [9.17, 15) is 5.11 Å². The van der Waals surface area contributed by atoms with E-state index in [-0.39, 0.29) is 6.10 Å². The molecule has 2 rings (SSSR count). The summed E-state index contributed by atoms with van der Waals surface area (Å²) in [6, 6.07) is 6.25. The van der Waals surface area contributed by atoms with Gasteiger partial charge in [0.15, 0.2) is 0 Å². The second-order valence-corrected chi connectivity index (χ2v) is 4.55. The Morgan fingerprint density at radius 3 is 2.93 bits per heavy atom. The summed E-state index contributed by atoms with van der Waals surface area (Å²) in [7, 11) is 0. The van der Waals surface area contributed by atoms with E-state index in [2.05, 4.69) is 28.1 Å². The minimum Gasteiger partial charge on any atom is -0.389 e. The highest BCUT2D eigenvalue weighted by Crippen LogP contribution is 2.36. The fourth-order valence-electron chi connectivity index (χ4n) is 1.97. The molecule has 1 N–H and O–H groups in total. The third kappa shape index (κ3) is 1.77. The van der Waals surface area contributed by atoms with Crippen molar-refractivity contribution in [2.24, 2.45) is 0 Å². The fraction of sp³-hybridized carbons (Fsp3) is 0.333. The summed E-state index contributed by atoms with van der Waals surface area (Å²) in [5, 5.41) is 9.32. The molecule has 0 bridgehead atoms. The largest absolute Gasteiger partial charge is 0.389 e. The first-order valence-corrected chi connectivity index (χ1v) is 5.64. The Hall–Kier alpha value is -0.600. The van der Waals surface area contributed by atoms with Gasteiger partial charge in [-0.2, -0.15) is 0 Å². The molecule has 1 atom stereocenters. The molecule has 0 spiro atoms.